The minimum Gasteiger partial charge on any atom is -0.392 e. The lowest BCUT2D eigenvalue weighted by Crippen LogP contribution is -2.28. The topological polar surface area (TPSA) is 20.2 Å². The minimum absolute atomic E-state index is 0.0125. The van der Waals surface area contributed by atoms with Crippen LogP contribution in [-0.4, -0.2) is 11.2 Å². The van der Waals surface area contributed by atoms with Gasteiger partial charge < -0.3 is 5.11 Å². The molecular formula is C14H22O. The summed E-state index contributed by atoms with van der Waals surface area (Å²) < 4.78 is 0. The van der Waals surface area contributed by atoms with E-state index in [-0.39, 0.29) is 11.5 Å². The monoisotopic (exact) mass is 206 g/mol. The Bertz CT molecular complexity index is 322. The molecule has 0 unspecified atom stereocenters. The maximum atomic E-state index is 10.1. The van der Waals surface area contributed by atoms with Crippen LogP contribution in [0, 0.1) is 11.3 Å². The number of allylic oxidation sites excluding steroid dienone is 2. The zero-order chi connectivity index (χ0) is 11.2. The average Bonchev–Trinajstić information content (AvgIpc) is 2.43. The van der Waals surface area contributed by atoms with Crippen LogP contribution in [0.2, 0.25) is 0 Å². The summed E-state index contributed by atoms with van der Waals surface area (Å²) in [5, 5.41) is 10.1. The van der Waals surface area contributed by atoms with Crippen LogP contribution < -0.4 is 0 Å². The van der Waals surface area contributed by atoms with Crippen molar-refractivity contribution in [2.45, 2.75) is 52.6 Å². The molecule has 0 spiro atoms. The predicted molar refractivity (Wildman–Crippen MR) is 63.6 cm³/mol. The molecule has 0 aromatic rings. The summed E-state index contributed by atoms with van der Waals surface area (Å²) in [5.74, 6) is 0.571. The largest absolute Gasteiger partial charge is 0.392 e. The Labute approximate surface area is 92.9 Å². The highest BCUT2D eigenvalue weighted by molar-refractivity contribution is 5.32. The Morgan fingerprint density at radius 3 is 2.73 bits per heavy atom. The summed E-state index contributed by atoms with van der Waals surface area (Å²) in [6.07, 6.45) is 4.06. The van der Waals surface area contributed by atoms with E-state index >= 15 is 0 Å². The van der Waals surface area contributed by atoms with E-state index in [0.717, 1.165) is 12.8 Å². The van der Waals surface area contributed by atoms with E-state index in [2.05, 4.69) is 27.4 Å². The lowest BCUT2D eigenvalue weighted by atomic mass is 9.80. The first-order valence-corrected chi connectivity index (χ1v) is 5.96. The number of rotatable bonds is 0. The highest BCUT2D eigenvalue weighted by Gasteiger charge is 2.38. The molecule has 0 saturated heterocycles. The molecule has 0 aromatic carbocycles. The summed E-state index contributed by atoms with van der Waals surface area (Å²) in [6.45, 7) is 10.8. The summed E-state index contributed by atoms with van der Waals surface area (Å²) in [7, 11) is 0. The second-order valence-corrected chi connectivity index (χ2v) is 5.94. The zero-order valence-electron chi connectivity index (χ0n) is 10.1. The second kappa shape index (κ2) is 3.48. The minimum atomic E-state index is -0.226. The third-order valence-electron chi connectivity index (χ3n) is 4.27. The van der Waals surface area contributed by atoms with Gasteiger partial charge in [0.25, 0.3) is 0 Å². The van der Waals surface area contributed by atoms with E-state index < -0.39 is 0 Å². The molecule has 0 bridgehead atoms. The smallest absolute Gasteiger partial charge is 0.0631 e. The Morgan fingerprint density at radius 2 is 2.07 bits per heavy atom. The maximum Gasteiger partial charge on any atom is 0.0631 e. The van der Waals surface area contributed by atoms with Gasteiger partial charge in [-0.1, -0.05) is 37.1 Å². The lowest BCUT2D eigenvalue weighted by molar-refractivity contribution is 0.0547. The van der Waals surface area contributed by atoms with E-state index in [1.165, 1.54) is 18.4 Å². The molecule has 15 heavy (non-hydrogen) atoms. The van der Waals surface area contributed by atoms with Crippen LogP contribution >= 0.6 is 0 Å². The first-order chi connectivity index (χ1) is 6.92. The highest BCUT2D eigenvalue weighted by Crippen LogP contribution is 2.48. The van der Waals surface area contributed by atoms with Gasteiger partial charge in [-0.25, -0.2) is 0 Å². The number of fused-ring (bicyclic) bond motifs is 1. The van der Waals surface area contributed by atoms with E-state index in [1.54, 1.807) is 11.1 Å². The van der Waals surface area contributed by atoms with Crippen LogP contribution in [0.3, 0.4) is 0 Å². The number of aliphatic hydroxyl groups is 1. The molecule has 1 fully saturated rings. The van der Waals surface area contributed by atoms with Crippen molar-refractivity contribution in [2.75, 3.05) is 0 Å². The molecule has 1 N–H and O–H groups in total. The van der Waals surface area contributed by atoms with Crippen LogP contribution in [0.15, 0.2) is 23.3 Å². The molecule has 2 rings (SSSR count). The van der Waals surface area contributed by atoms with Gasteiger partial charge in [-0.2, -0.15) is 0 Å². The van der Waals surface area contributed by atoms with Crippen molar-refractivity contribution >= 4 is 0 Å². The molecule has 0 amide bonds. The Morgan fingerprint density at radius 1 is 1.40 bits per heavy atom. The fraction of sp³-hybridized carbons (Fsp3) is 0.714. The van der Waals surface area contributed by atoms with Gasteiger partial charge in [0.15, 0.2) is 0 Å². The van der Waals surface area contributed by atoms with E-state index in [4.69, 9.17) is 0 Å². The fourth-order valence-electron chi connectivity index (χ4n) is 2.99. The van der Waals surface area contributed by atoms with E-state index in [1.807, 2.05) is 0 Å². The predicted octanol–water partition coefficient (Wildman–Crippen LogP) is 3.45. The van der Waals surface area contributed by atoms with E-state index in [9.17, 15) is 5.11 Å². The van der Waals surface area contributed by atoms with Gasteiger partial charge in [-0.3, -0.25) is 0 Å². The fourth-order valence-corrected chi connectivity index (χ4v) is 2.99. The molecule has 0 heterocycles. The zero-order valence-corrected chi connectivity index (χ0v) is 10.1. The standard InChI is InChI=1S/C14H22O/c1-9-5-6-11-10(2)7-13(15)14(3,4)8-12(9)11/h11,13,15H,2,5-8H2,1,3-4H3/t11-,13-/m1/s1. The van der Waals surface area contributed by atoms with Crippen molar-refractivity contribution in [1.29, 1.82) is 0 Å². The molecule has 0 radical (unpaired) electrons. The van der Waals surface area contributed by atoms with Gasteiger partial charge in [-0.05, 0) is 38.0 Å². The van der Waals surface area contributed by atoms with Crippen LogP contribution in [0.1, 0.15) is 46.5 Å². The Hall–Kier alpha value is -0.560. The third-order valence-corrected chi connectivity index (χ3v) is 4.27. The van der Waals surface area contributed by atoms with Crippen molar-refractivity contribution in [3.63, 3.8) is 0 Å². The van der Waals surface area contributed by atoms with Crippen LogP contribution in [-0.2, 0) is 0 Å². The quantitative estimate of drug-likeness (QED) is 0.602. The van der Waals surface area contributed by atoms with Crippen molar-refractivity contribution in [2.24, 2.45) is 11.3 Å². The summed E-state index contributed by atoms with van der Waals surface area (Å²) >= 11 is 0. The molecule has 1 nitrogen and oxygen atoms in total. The first-order valence-electron chi connectivity index (χ1n) is 5.96. The van der Waals surface area contributed by atoms with Crippen LogP contribution in [0.5, 0.6) is 0 Å². The SMILES string of the molecule is C=C1C[C@@H](O)C(C)(C)CC2=C(C)CC[C@H]12. The molecule has 2 atom stereocenters. The number of aliphatic hydroxyl groups excluding tert-OH is 1. The van der Waals surface area contributed by atoms with Crippen molar-refractivity contribution in [3.05, 3.63) is 23.3 Å². The molecule has 2 aliphatic carbocycles. The molecule has 1 heteroatoms. The first kappa shape index (κ1) is 10.9. The Kier molecular flexibility index (Phi) is 2.54. The van der Waals surface area contributed by atoms with Crippen molar-refractivity contribution in [3.8, 4) is 0 Å². The van der Waals surface area contributed by atoms with Gasteiger partial charge in [-0.15, -0.1) is 0 Å². The molecule has 2 aliphatic rings. The summed E-state index contributed by atoms with van der Waals surface area (Å²) in [4.78, 5) is 0. The van der Waals surface area contributed by atoms with Crippen LogP contribution in [0.25, 0.3) is 0 Å². The van der Waals surface area contributed by atoms with Gasteiger partial charge in [0.05, 0.1) is 6.10 Å². The molecule has 84 valence electrons. The molecule has 0 aliphatic heterocycles. The van der Waals surface area contributed by atoms with Crippen molar-refractivity contribution < 1.29 is 5.11 Å². The lowest BCUT2D eigenvalue weighted by Gasteiger charge is -2.29. The highest BCUT2D eigenvalue weighted by atomic mass is 16.3. The van der Waals surface area contributed by atoms with E-state index in [0.29, 0.717) is 5.92 Å². The van der Waals surface area contributed by atoms with Gasteiger partial charge in [0.2, 0.25) is 0 Å². The number of hydrogen-bond donors (Lipinski definition) is 1. The van der Waals surface area contributed by atoms with Gasteiger partial charge in [0, 0.05) is 5.92 Å². The molecule has 1 saturated carbocycles. The molecular weight excluding hydrogens is 184 g/mol. The van der Waals surface area contributed by atoms with Crippen molar-refractivity contribution in [1.82, 2.24) is 0 Å². The Balaban J connectivity index is 2.37. The average molecular weight is 206 g/mol. The molecule has 0 aromatic heterocycles. The van der Waals surface area contributed by atoms with Gasteiger partial charge in [0.1, 0.15) is 0 Å². The summed E-state index contributed by atoms with van der Waals surface area (Å²) in [5.41, 5.74) is 4.38. The number of hydrogen-bond acceptors (Lipinski definition) is 1. The normalized spacial score (nSPS) is 35.3. The second-order valence-electron chi connectivity index (χ2n) is 5.94. The maximum absolute atomic E-state index is 10.1. The van der Waals surface area contributed by atoms with Crippen LogP contribution in [0.4, 0.5) is 0 Å². The van der Waals surface area contributed by atoms with Gasteiger partial charge >= 0.3 is 0 Å². The third kappa shape index (κ3) is 1.78. The summed E-state index contributed by atoms with van der Waals surface area (Å²) in [6, 6.07) is 0.